The Hall–Kier alpha value is -4.46. The standard InChI is InChI=1S/C29H29NO7/c1-17(2)16-37-21-10-8-19(9-11-21)30-26(18-6-5-7-20(31)14-18)25(28(33)29(30)34)27(32)23-13-12-22(35-3)15-24(23)36-4/h5-15,17,26,31-32H,16H2,1-4H3/b27-25-. The van der Waals surface area contributed by atoms with E-state index in [1.54, 1.807) is 54.6 Å². The molecule has 8 nitrogen and oxygen atoms in total. The zero-order valence-corrected chi connectivity index (χ0v) is 21.1. The molecule has 1 amide bonds. The highest BCUT2D eigenvalue weighted by Crippen LogP contribution is 2.44. The van der Waals surface area contributed by atoms with Gasteiger partial charge in [-0.05, 0) is 60.0 Å². The molecule has 2 N–H and O–H groups in total. The molecule has 1 saturated heterocycles. The van der Waals surface area contributed by atoms with Crippen molar-refractivity contribution in [1.82, 2.24) is 0 Å². The van der Waals surface area contributed by atoms with Gasteiger partial charge >= 0.3 is 0 Å². The van der Waals surface area contributed by atoms with Gasteiger partial charge in [-0.25, -0.2) is 0 Å². The number of aliphatic hydroxyl groups excluding tert-OH is 1. The summed E-state index contributed by atoms with van der Waals surface area (Å²) in [7, 11) is 2.93. The van der Waals surface area contributed by atoms with Crippen LogP contribution in [0, 0.1) is 5.92 Å². The maximum absolute atomic E-state index is 13.4. The smallest absolute Gasteiger partial charge is 0.300 e. The monoisotopic (exact) mass is 503 g/mol. The number of phenolic OH excluding ortho intramolecular Hbond substituents is 1. The van der Waals surface area contributed by atoms with E-state index >= 15 is 0 Å². The van der Waals surface area contributed by atoms with E-state index in [9.17, 15) is 19.8 Å². The summed E-state index contributed by atoms with van der Waals surface area (Å²) < 4.78 is 16.4. The zero-order valence-electron chi connectivity index (χ0n) is 21.1. The van der Waals surface area contributed by atoms with Crippen LogP contribution in [0.2, 0.25) is 0 Å². The summed E-state index contributed by atoms with van der Waals surface area (Å²) in [6.07, 6.45) is 0. The minimum absolute atomic E-state index is 0.0393. The molecule has 3 aromatic rings. The third-order valence-corrected chi connectivity index (χ3v) is 5.99. The largest absolute Gasteiger partial charge is 0.508 e. The molecule has 1 aliphatic rings. The highest BCUT2D eigenvalue weighted by molar-refractivity contribution is 6.51. The molecule has 0 saturated carbocycles. The van der Waals surface area contributed by atoms with Crippen molar-refractivity contribution >= 4 is 23.1 Å². The second kappa shape index (κ2) is 10.7. The summed E-state index contributed by atoms with van der Waals surface area (Å²) in [6.45, 7) is 4.62. The lowest BCUT2D eigenvalue weighted by molar-refractivity contribution is -0.132. The number of phenols is 1. The minimum atomic E-state index is -0.999. The van der Waals surface area contributed by atoms with Crippen molar-refractivity contribution in [2.45, 2.75) is 19.9 Å². The molecule has 0 aliphatic carbocycles. The van der Waals surface area contributed by atoms with E-state index in [4.69, 9.17) is 14.2 Å². The highest BCUT2D eigenvalue weighted by Gasteiger charge is 2.47. The highest BCUT2D eigenvalue weighted by atomic mass is 16.5. The van der Waals surface area contributed by atoms with E-state index in [2.05, 4.69) is 0 Å². The Morgan fingerprint density at radius 3 is 2.27 bits per heavy atom. The third kappa shape index (κ3) is 5.09. The quantitative estimate of drug-likeness (QED) is 0.251. The Bertz CT molecular complexity index is 1340. The number of hydrogen-bond donors (Lipinski definition) is 2. The Balaban J connectivity index is 1.86. The van der Waals surface area contributed by atoms with Gasteiger partial charge in [0.1, 0.15) is 28.8 Å². The van der Waals surface area contributed by atoms with Crippen LogP contribution in [-0.2, 0) is 9.59 Å². The molecule has 0 spiro atoms. The van der Waals surface area contributed by atoms with Gasteiger partial charge in [-0.3, -0.25) is 14.5 Å². The van der Waals surface area contributed by atoms with Crippen molar-refractivity contribution in [2.75, 3.05) is 25.7 Å². The van der Waals surface area contributed by atoms with Crippen molar-refractivity contribution < 1.29 is 34.0 Å². The van der Waals surface area contributed by atoms with E-state index in [1.807, 2.05) is 13.8 Å². The van der Waals surface area contributed by atoms with Crippen molar-refractivity contribution in [3.05, 3.63) is 83.4 Å². The predicted molar refractivity (Wildman–Crippen MR) is 139 cm³/mol. The molecule has 37 heavy (non-hydrogen) atoms. The Morgan fingerprint density at radius 2 is 1.65 bits per heavy atom. The number of benzene rings is 3. The molecule has 8 heteroatoms. The summed E-state index contributed by atoms with van der Waals surface area (Å²) >= 11 is 0. The first-order valence-corrected chi connectivity index (χ1v) is 11.8. The molecule has 1 atom stereocenters. The van der Waals surface area contributed by atoms with Gasteiger partial charge in [0.05, 0.1) is 38.0 Å². The number of hydrogen-bond acceptors (Lipinski definition) is 7. The number of anilines is 1. The van der Waals surface area contributed by atoms with Gasteiger partial charge in [-0.15, -0.1) is 0 Å². The van der Waals surface area contributed by atoms with Crippen molar-refractivity contribution in [3.63, 3.8) is 0 Å². The number of aromatic hydroxyl groups is 1. The normalized spacial score (nSPS) is 16.8. The SMILES string of the molecule is COc1ccc(/C(O)=C2/C(=O)C(=O)N(c3ccc(OCC(C)C)cc3)C2c2cccc(O)c2)c(OC)c1. The van der Waals surface area contributed by atoms with Crippen molar-refractivity contribution in [1.29, 1.82) is 0 Å². The average molecular weight is 504 g/mol. The summed E-state index contributed by atoms with van der Waals surface area (Å²) in [5, 5.41) is 21.6. The number of Topliss-reactive ketones (excluding diaryl/α,β-unsaturated/α-hetero) is 1. The van der Waals surface area contributed by atoms with Crippen molar-refractivity contribution in [3.8, 4) is 23.0 Å². The zero-order chi connectivity index (χ0) is 26.7. The number of amides is 1. The van der Waals surface area contributed by atoms with Crippen LogP contribution in [0.4, 0.5) is 5.69 Å². The Morgan fingerprint density at radius 1 is 0.946 bits per heavy atom. The number of carbonyl (C=O) groups excluding carboxylic acids is 2. The van der Waals surface area contributed by atoms with Crippen LogP contribution in [0.1, 0.15) is 31.0 Å². The number of nitrogens with zero attached hydrogens (tertiary/aromatic N) is 1. The average Bonchev–Trinajstić information content (AvgIpc) is 3.17. The fourth-order valence-electron chi connectivity index (χ4n) is 4.21. The molecular formula is C29H29NO7. The van der Waals surface area contributed by atoms with Gasteiger partial charge in [0.2, 0.25) is 0 Å². The lowest BCUT2D eigenvalue weighted by Crippen LogP contribution is -2.29. The van der Waals surface area contributed by atoms with Crippen LogP contribution in [0.25, 0.3) is 5.76 Å². The summed E-state index contributed by atoms with van der Waals surface area (Å²) in [5.41, 5.74) is 0.990. The summed E-state index contributed by atoms with van der Waals surface area (Å²) in [6, 6.07) is 16.8. The molecular weight excluding hydrogens is 474 g/mol. The predicted octanol–water partition coefficient (Wildman–Crippen LogP) is 5.07. The van der Waals surface area contributed by atoms with Gasteiger partial charge in [-0.1, -0.05) is 26.0 Å². The van der Waals surface area contributed by atoms with Crippen molar-refractivity contribution in [2.24, 2.45) is 5.92 Å². The third-order valence-electron chi connectivity index (χ3n) is 5.99. The number of ether oxygens (including phenoxy) is 3. The summed E-state index contributed by atoms with van der Waals surface area (Å²) in [4.78, 5) is 28.0. The van der Waals surface area contributed by atoms with E-state index in [0.29, 0.717) is 35.3 Å². The van der Waals surface area contributed by atoms with Gasteiger partial charge < -0.3 is 24.4 Å². The molecule has 0 bridgehead atoms. The van der Waals surface area contributed by atoms with Crippen LogP contribution in [0.3, 0.4) is 0 Å². The molecule has 192 valence electrons. The lowest BCUT2D eigenvalue weighted by Gasteiger charge is -2.26. The molecule has 1 heterocycles. The molecule has 0 aromatic heterocycles. The van der Waals surface area contributed by atoms with Gasteiger partial charge in [0.15, 0.2) is 0 Å². The molecule has 0 radical (unpaired) electrons. The fraction of sp³-hybridized carbons (Fsp3) is 0.241. The molecule has 3 aromatic carbocycles. The van der Waals surface area contributed by atoms with Crippen LogP contribution < -0.4 is 19.1 Å². The summed E-state index contributed by atoms with van der Waals surface area (Å²) in [5.74, 6) is -0.359. The second-order valence-corrected chi connectivity index (χ2v) is 9.03. The Labute approximate surface area is 215 Å². The number of rotatable bonds is 8. The number of carbonyl (C=O) groups is 2. The number of methoxy groups -OCH3 is 2. The van der Waals surface area contributed by atoms with Gasteiger partial charge in [0, 0.05) is 11.8 Å². The van der Waals surface area contributed by atoms with E-state index in [0.717, 1.165) is 0 Å². The second-order valence-electron chi connectivity index (χ2n) is 9.03. The van der Waals surface area contributed by atoms with Crippen LogP contribution in [-0.4, -0.2) is 42.7 Å². The first-order valence-electron chi connectivity index (χ1n) is 11.8. The lowest BCUT2D eigenvalue weighted by atomic mass is 9.94. The van der Waals surface area contributed by atoms with E-state index in [1.165, 1.54) is 31.3 Å². The first-order chi connectivity index (χ1) is 17.7. The first kappa shape index (κ1) is 25.6. The molecule has 1 unspecified atom stereocenters. The topological polar surface area (TPSA) is 106 Å². The number of ketones is 1. The van der Waals surface area contributed by atoms with Gasteiger partial charge in [0.25, 0.3) is 11.7 Å². The van der Waals surface area contributed by atoms with E-state index < -0.39 is 23.5 Å². The molecule has 1 aliphatic heterocycles. The molecule has 4 rings (SSSR count). The van der Waals surface area contributed by atoms with Crippen LogP contribution in [0.15, 0.2) is 72.3 Å². The van der Waals surface area contributed by atoms with Crippen LogP contribution in [0.5, 0.6) is 23.0 Å². The number of aliphatic hydroxyl groups is 1. The maximum Gasteiger partial charge on any atom is 0.300 e. The maximum atomic E-state index is 13.4. The fourth-order valence-corrected chi connectivity index (χ4v) is 4.21. The van der Waals surface area contributed by atoms with Crippen LogP contribution >= 0.6 is 0 Å². The van der Waals surface area contributed by atoms with E-state index in [-0.39, 0.29) is 22.6 Å². The minimum Gasteiger partial charge on any atom is -0.508 e. The van der Waals surface area contributed by atoms with Gasteiger partial charge in [-0.2, -0.15) is 0 Å². The molecule has 1 fully saturated rings. The Kier molecular flexibility index (Phi) is 7.38.